The smallest absolute Gasteiger partial charge is 0.251 e. The van der Waals surface area contributed by atoms with Crippen molar-refractivity contribution in [3.8, 4) is 5.75 Å². The maximum atomic E-state index is 12.8. The van der Waals surface area contributed by atoms with Crippen LogP contribution >= 0.6 is 0 Å². The maximum absolute atomic E-state index is 12.8. The molecule has 1 aliphatic rings. The van der Waals surface area contributed by atoms with Crippen LogP contribution < -0.4 is 10.1 Å². The fraction of sp³-hybridized carbons (Fsp3) is 0.381. The number of hydrogen-bond acceptors (Lipinski definition) is 5. The van der Waals surface area contributed by atoms with Crippen molar-refractivity contribution in [2.45, 2.75) is 30.4 Å². The Morgan fingerprint density at radius 3 is 2.66 bits per heavy atom. The molecule has 3 rings (SSSR count). The van der Waals surface area contributed by atoms with Crippen LogP contribution in [0.4, 0.5) is 0 Å². The monoisotopic (exact) mass is 418 g/mol. The van der Waals surface area contributed by atoms with E-state index >= 15 is 0 Å². The number of nitrogens with one attached hydrogen (secondary N) is 1. The van der Waals surface area contributed by atoms with Crippen molar-refractivity contribution in [1.29, 1.82) is 0 Å². The molecule has 0 spiro atoms. The molecule has 7 nitrogen and oxygen atoms in total. The molecule has 1 saturated heterocycles. The summed E-state index contributed by atoms with van der Waals surface area (Å²) in [6.07, 6.45) is 2.00. The van der Waals surface area contributed by atoms with Crippen LogP contribution in [-0.2, 0) is 21.3 Å². The van der Waals surface area contributed by atoms with Crippen molar-refractivity contribution in [3.63, 3.8) is 0 Å². The lowest BCUT2D eigenvalue weighted by Gasteiger charge is -2.19. The first-order chi connectivity index (χ1) is 13.9. The molecule has 0 bridgehead atoms. The minimum atomic E-state index is -3.66. The summed E-state index contributed by atoms with van der Waals surface area (Å²) in [5, 5.41) is 2.88. The van der Waals surface area contributed by atoms with Gasteiger partial charge >= 0.3 is 0 Å². The highest BCUT2D eigenvalue weighted by Crippen LogP contribution is 2.24. The predicted molar refractivity (Wildman–Crippen MR) is 109 cm³/mol. The summed E-state index contributed by atoms with van der Waals surface area (Å²) >= 11 is 0. The maximum Gasteiger partial charge on any atom is 0.251 e. The Morgan fingerprint density at radius 1 is 1.24 bits per heavy atom. The van der Waals surface area contributed by atoms with Crippen LogP contribution in [0.3, 0.4) is 0 Å². The van der Waals surface area contributed by atoms with E-state index in [1.165, 1.54) is 18.5 Å². The molecule has 0 aliphatic carbocycles. The fourth-order valence-electron chi connectivity index (χ4n) is 3.25. The van der Waals surface area contributed by atoms with Gasteiger partial charge in [0.1, 0.15) is 5.75 Å². The van der Waals surface area contributed by atoms with Gasteiger partial charge in [0.05, 0.1) is 18.1 Å². The molecular formula is C21H26N2O5S. The van der Waals surface area contributed by atoms with Gasteiger partial charge in [0.25, 0.3) is 5.91 Å². The number of carbonyl (C=O) groups excluding carboxylic acids is 1. The lowest BCUT2D eigenvalue weighted by molar-refractivity contribution is 0.0857. The standard InChI is InChI=1S/C21H26N2O5S/c1-23(29(25,26)19-8-4-3-5-9-19)15-17-13-16(10-11-20(17)27-2)21(24)22-14-18-7-6-12-28-18/h3-5,8-11,13,18H,6-7,12,14-15H2,1-2H3,(H,22,24)/t18-/m0/s1. The Balaban J connectivity index is 1.75. The Morgan fingerprint density at radius 2 is 2.00 bits per heavy atom. The molecule has 2 aromatic rings. The van der Waals surface area contributed by atoms with Crippen molar-refractivity contribution < 1.29 is 22.7 Å². The summed E-state index contributed by atoms with van der Waals surface area (Å²) in [4.78, 5) is 12.7. The van der Waals surface area contributed by atoms with Gasteiger partial charge in [-0.15, -0.1) is 0 Å². The van der Waals surface area contributed by atoms with Gasteiger partial charge in [0, 0.05) is 37.9 Å². The molecule has 0 radical (unpaired) electrons. The first-order valence-electron chi connectivity index (χ1n) is 9.50. The summed E-state index contributed by atoms with van der Waals surface area (Å²) in [5.74, 6) is 0.300. The molecule has 1 amide bonds. The first kappa shape index (κ1) is 21.3. The Labute approximate surface area is 171 Å². The van der Waals surface area contributed by atoms with Crippen LogP contribution in [-0.4, -0.2) is 52.0 Å². The van der Waals surface area contributed by atoms with Gasteiger partial charge in [0.15, 0.2) is 0 Å². The molecule has 29 heavy (non-hydrogen) atoms. The number of nitrogens with zero attached hydrogens (tertiary/aromatic N) is 1. The fourth-order valence-corrected chi connectivity index (χ4v) is 4.42. The summed E-state index contributed by atoms with van der Waals surface area (Å²) in [6, 6.07) is 13.2. The zero-order chi connectivity index (χ0) is 20.9. The molecule has 1 N–H and O–H groups in total. The van der Waals surface area contributed by atoms with Crippen LogP contribution in [0.2, 0.25) is 0 Å². The summed E-state index contributed by atoms with van der Waals surface area (Å²) in [7, 11) is -0.634. The van der Waals surface area contributed by atoms with Crippen molar-refractivity contribution in [2.75, 3.05) is 27.3 Å². The number of rotatable bonds is 8. The van der Waals surface area contributed by atoms with Crippen LogP contribution in [0, 0.1) is 0 Å². The lowest BCUT2D eigenvalue weighted by atomic mass is 10.1. The number of sulfonamides is 1. The topological polar surface area (TPSA) is 84.9 Å². The van der Waals surface area contributed by atoms with E-state index in [0.717, 1.165) is 19.4 Å². The molecule has 0 aromatic heterocycles. The van der Waals surface area contributed by atoms with E-state index in [4.69, 9.17) is 9.47 Å². The number of benzene rings is 2. The minimum Gasteiger partial charge on any atom is -0.496 e. The van der Waals surface area contributed by atoms with E-state index in [9.17, 15) is 13.2 Å². The van der Waals surface area contributed by atoms with E-state index in [-0.39, 0.29) is 23.5 Å². The van der Waals surface area contributed by atoms with Gasteiger partial charge < -0.3 is 14.8 Å². The Hall–Kier alpha value is -2.42. The van der Waals surface area contributed by atoms with Gasteiger partial charge in [-0.25, -0.2) is 8.42 Å². The second-order valence-electron chi connectivity index (χ2n) is 6.95. The van der Waals surface area contributed by atoms with E-state index < -0.39 is 10.0 Å². The van der Waals surface area contributed by atoms with Crippen LogP contribution in [0.5, 0.6) is 5.75 Å². The quantitative estimate of drug-likeness (QED) is 0.712. The molecule has 156 valence electrons. The van der Waals surface area contributed by atoms with Gasteiger partial charge in [-0.2, -0.15) is 4.31 Å². The van der Waals surface area contributed by atoms with Crippen molar-refractivity contribution >= 4 is 15.9 Å². The number of hydrogen-bond donors (Lipinski definition) is 1. The van der Waals surface area contributed by atoms with Crippen LogP contribution in [0.25, 0.3) is 0 Å². The minimum absolute atomic E-state index is 0.0545. The average molecular weight is 419 g/mol. The third-order valence-electron chi connectivity index (χ3n) is 4.90. The third-order valence-corrected chi connectivity index (χ3v) is 6.72. The highest BCUT2D eigenvalue weighted by atomic mass is 32.2. The number of methoxy groups -OCH3 is 1. The predicted octanol–water partition coefficient (Wildman–Crippen LogP) is 2.42. The molecule has 2 aromatic carbocycles. The van der Waals surface area contributed by atoms with E-state index in [1.807, 2.05) is 0 Å². The molecule has 1 atom stereocenters. The number of ether oxygens (including phenoxy) is 2. The van der Waals surface area contributed by atoms with Gasteiger partial charge in [-0.3, -0.25) is 4.79 Å². The molecule has 8 heteroatoms. The van der Waals surface area contributed by atoms with E-state index in [2.05, 4.69) is 5.32 Å². The molecule has 1 heterocycles. The van der Waals surface area contributed by atoms with Crippen LogP contribution in [0.15, 0.2) is 53.4 Å². The average Bonchev–Trinajstić information content (AvgIpc) is 3.26. The summed E-state index contributed by atoms with van der Waals surface area (Å²) in [5.41, 5.74) is 1.06. The normalized spacial score (nSPS) is 16.7. The first-order valence-corrected chi connectivity index (χ1v) is 10.9. The third kappa shape index (κ3) is 5.14. The number of amides is 1. The van der Waals surface area contributed by atoms with Gasteiger partial charge in [-0.1, -0.05) is 18.2 Å². The lowest BCUT2D eigenvalue weighted by Crippen LogP contribution is -2.32. The Kier molecular flexibility index (Phi) is 6.89. The van der Waals surface area contributed by atoms with Gasteiger partial charge in [0.2, 0.25) is 10.0 Å². The molecular weight excluding hydrogens is 392 g/mol. The molecule has 1 aliphatic heterocycles. The summed E-state index contributed by atoms with van der Waals surface area (Å²) < 4.78 is 37.7. The second-order valence-corrected chi connectivity index (χ2v) is 8.99. The zero-order valence-corrected chi connectivity index (χ0v) is 17.4. The largest absolute Gasteiger partial charge is 0.496 e. The SMILES string of the molecule is COc1ccc(C(=O)NC[C@@H]2CCCO2)cc1CN(C)S(=O)(=O)c1ccccc1. The zero-order valence-electron chi connectivity index (χ0n) is 16.6. The van der Waals surface area contributed by atoms with Crippen molar-refractivity contribution in [2.24, 2.45) is 0 Å². The molecule has 0 saturated carbocycles. The number of carbonyl (C=O) groups is 1. The highest BCUT2D eigenvalue weighted by molar-refractivity contribution is 7.89. The summed E-state index contributed by atoms with van der Waals surface area (Å²) in [6.45, 7) is 1.27. The van der Waals surface area contributed by atoms with Crippen molar-refractivity contribution in [1.82, 2.24) is 9.62 Å². The highest BCUT2D eigenvalue weighted by Gasteiger charge is 2.23. The Bertz CT molecular complexity index is 941. The van der Waals surface area contributed by atoms with Gasteiger partial charge in [-0.05, 0) is 43.2 Å². The second kappa shape index (κ2) is 9.39. The van der Waals surface area contributed by atoms with E-state index in [1.54, 1.807) is 48.5 Å². The van der Waals surface area contributed by atoms with Crippen molar-refractivity contribution in [3.05, 3.63) is 59.7 Å². The molecule has 1 fully saturated rings. The van der Waals surface area contributed by atoms with E-state index in [0.29, 0.717) is 23.4 Å². The molecule has 0 unspecified atom stereocenters. The van der Waals surface area contributed by atoms with Crippen LogP contribution in [0.1, 0.15) is 28.8 Å².